The molecule has 1 aromatic heterocycles. The van der Waals surface area contributed by atoms with Crippen LogP contribution in [-0.2, 0) is 22.6 Å². The van der Waals surface area contributed by atoms with Crippen molar-refractivity contribution >= 4 is 35.0 Å². The Bertz CT molecular complexity index is 776. The van der Waals surface area contributed by atoms with Crippen LogP contribution in [0.4, 0.5) is 0 Å². The molecule has 0 saturated carbocycles. The van der Waals surface area contributed by atoms with Crippen LogP contribution in [0.25, 0.3) is 0 Å². The smallest absolute Gasteiger partial charge is 0.249 e. The number of nitrogens with zero attached hydrogens (tertiary/aromatic N) is 4. The Morgan fingerprint density at radius 2 is 1.80 bits per heavy atom. The van der Waals surface area contributed by atoms with E-state index in [4.69, 9.17) is 23.2 Å². The lowest BCUT2D eigenvalue weighted by molar-refractivity contribution is -0.135. The van der Waals surface area contributed by atoms with E-state index in [1.807, 2.05) is 11.1 Å². The van der Waals surface area contributed by atoms with Crippen LogP contribution in [0.3, 0.4) is 0 Å². The van der Waals surface area contributed by atoms with Gasteiger partial charge in [0.1, 0.15) is 4.49 Å². The Labute approximate surface area is 155 Å². The van der Waals surface area contributed by atoms with Crippen molar-refractivity contribution in [1.29, 1.82) is 0 Å². The van der Waals surface area contributed by atoms with Crippen molar-refractivity contribution in [1.82, 2.24) is 19.4 Å². The molecule has 0 spiro atoms. The minimum atomic E-state index is -0.188. The second kappa shape index (κ2) is 6.50. The lowest BCUT2D eigenvalue weighted by Crippen LogP contribution is -2.41. The summed E-state index contributed by atoms with van der Waals surface area (Å²) in [5.74, 6) is 0.0277. The molecular weight excluding hydrogens is 363 g/mol. The number of carbonyl (C=O) groups is 2. The number of imidazole rings is 1. The third-order valence-corrected chi connectivity index (χ3v) is 5.41. The summed E-state index contributed by atoms with van der Waals surface area (Å²) in [7, 11) is 0. The van der Waals surface area contributed by atoms with Crippen LogP contribution in [0, 0.1) is 5.92 Å². The Kier molecular flexibility index (Phi) is 4.33. The van der Waals surface area contributed by atoms with E-state index in [0.717, 1.165) is 12.8 Å². The molecule has 0 N–H and O–H groups in total. The summed E-state index contributed by atoms with van der Waals surface area (Å²) in [5, 5.41) is 0. The quantitative estimate of drug-likeness (QED) is 0.579. The van der Waals surface area contributed by atoms with Crippen molar-refractivity contribution in [3.05, 3.63) is 39.9 Å². The minimum Gasteiger partial charge on any atom is -0.334 e. The average molecular weight is 381 g/mol. The highest BCUT2D eigenvalue weighted by atomic mass is 35.5. The Balaban J connectivity index is 1.35. The molecule has 4 heterocycles. The molecule has 4 rings (SSSR count). The molecule has 8 heteroatoms. The van der Waals surface area contributed by atoms with Gasteiger partial charge in [0.15, 0.2) is 0 Å². The monoisotopic (exact) mass is 380 g/mol. The first-order valence-corrected chi connectivity index (χ1v) is 9.06. The van der Waals surface area contributed by atoms with E-state index in [2.05, 4.69) is 9.55 Å². The molecule has 1 unspecified atom stereocenters. The van der Waals surface area contributed by atoms with Crippen molar-refractivity contribution in [3.8, 4) is 0 Å². The van der Waals surface area contributed by atoms with Gasteiger partial charge in [-0.2, -0.15) is 0 Å². The van der Waals surface area contributed by atoms with Crippen molar-refractivity contribution in [2.45, 2.75) is 19.4 Å². The molecular formula is C17H18Cl2N4O2. The largest absolute Gasteiger partial charge is 0.334 e. The van der Waals surface area contributed by atoms with E-state index < -0.39 is 0 Å². The number of amides is 2. The lowest BCUT2D eigenvalue weighted by Gasteiger charge is -2.29. The van der Waals surface area contributed by atoms with E-state index >= 15 is 0 Å². The van der Waals surface area contributed by atoms with Gasteiger partial charge in [-0.25, -0.2) is 4.98 Å². The van der Waals surface area contributed by atoms with Crippen LogP contribution < -0.4 is 0 Å². The van der Waals surface area contributed by atoms with Crippen molar-refractivity contribution in [2.75, 3.05) is 26.2 Å². The summed E-state index contributed by atoms with van der Waals surface area (Å²) in [5.41, 5.74) is 3.53. The summed E-state index contributed by atoms with van der Waals surface area (Å²) in [6.45, 7) is 3.03. The van der Waals surface area contributed by atoms with E-state index in [1.165, 1.54) is 22.9 Å². The van der Waals surface area contributed by atoms with Crippen molar-refractivity contribution in [3.63, 3.8) is 0 Å². The number of fused-ring (bicyclic) bond motifs is 1. The summed E-state index contributed by atoms with van der Waals surface area (Å²) < 4.78 is 2.04. The molecule has 1 atom stereocenters. The van der Waals surface area contributed by atoms with E-state index in [-0.39, 0.29) is 22.2 Å². The Hall–Kier alpha value is -1.79. The van der Waals surface area contributed by atoms with E-state index in [1.54, 1.807) is 11.2 Å². The number of carbonyl (C=O) groups excluding carboxylic acids is 2. The number of rotatable bonds is 2. The topological polar surface area (TPSA) is 58.4 Å². The Morgan fingerprint density at radius 1 is 1.12 bits per heavy atom. The fraction of sp³-hybridized carbons (Fsp3) is 0.471. The van der Waals surface area contributed by atoms with Gasteiger partial charge in [0, 0.05) is 50.7 Å². The first-order valence-electron chi connectivity index (χ1n) is 8.30. The van der Waals surface area contributed by atoms with Crippen LogP contribution in [0.1, 0.15) is 12.1 Å². The van der Waals surface area contributed by atoms with E-state index in [9.17, 15) is 9.59 Å². The second-order valence-corrected chi connectivity index (χ2v) is 7.81. The average Bonchev–Trinajstić information content (AvgIpc) is 3.26. The molecule has 0 fully saturated rings. The van der Waals surface area contributed by atoms with Crippen molar-refractivity contribution < 1.29 is 9.59 Å². The highest BCUT2D eigenvalue weighted by Crippen LogP contribution is 2.29. The molecule has 1 aromatic rings. The van der Waals surface area contributed by atoms with Gasteiger partial charge in [0.05, 0.1) is 12.2 Å². The van der Waals surface area contributed by atoms with Gasteiger partial charge in [-0.15, -0.1) is 0 Å². The lowest BCUT2D eigenvalue weighted by atomic mass is 9.96. The predicted molar refractivity (Wildman–Crippen MR) is 94.0 cm³/mol. The molecule has 0 aromatic carbocycles. The van der Waals surface area contributed by atoms with Crippen molar-refractivity contribution in [2.24, 2.45) is 5.92 Å². The molecule has 2 amide bonds. The van der Waals surface area contributed by atoms with Crippen LogP contribution in [0.2, 0.25) is 0 Å². The molecule has 0 radical (unpaired) electrons. The van der Waals surface area contributed by atoms with Gasteiger partial charge >= 0.3 is 0 Å². The maximum Gasteiger partial charge on any atom is 0.249 e. The van der Waals surface area contributed by atoms with Gasteiger partial charge in [-0.3, -0.25) is 9.59 Å². The molecule has 3 aliphatic heterocycles. The first-order chi connectivity index (χ1) is 12.0. The van der Waals surface area contributed by atoms with Gasteiger partial charge in [-0.1, -0.05) is 23.2 Å². The van der Waals surface area contributed by atoms with Crippen LogP contribution in [0.15, 0.2) is 34.2 Å². The van der Waals surface area contributed by atoms with Gasteiger partial charge < -0.3 is 14.4 Å². The Morgan fingerprint density at radius 3 is 2.48 bits per heavy atom. The third kappa shape index (κ3) is 3.20. The molecule has 25 heavy (non-hydrogen) atoms. The standard InChI is InChI=1S/C17H18Cl2N4O2/c18-15(19)3-16(24)21-6-12-8-22(9-13(12)7-21)17(25)11-1-2-14-4-20-10-23(14)5-11/h3-4,10-11H,1-2,5-9H2. The highest BCUT2D eigenvalue weighted by Gasteiger charge is 2.36. The number of aryl methyl sites for hydroxylation is 1. The van der Waals surface area contributed by atoms with Gasteiger partial charge in [0.2, 0.25) is 11.8 Å². The molecule has 6 nitrogen and oxygen atoms in total. The first kappa shape index (κ1) is 16.7. The molecule has 0 saturated heterocycles. The summed E-state index contributed by atoms with van der Waals surface area (Å²) in [4.78, 5) is 32.7. The summed E-state index contributed by atoms with van der Waals surface area (Å²) in [6.07, 6.45) is 6.66. The maximum absolute atomic E-state index is 12.9. The molecule has 3 aliphatic rings. The molecule has 132 valence electrons. The van der Waals surface area contributed by atoms with Crippen LogP contribution in [-0.4, -0.2) is 57.3 Å². The zero-order valence-corrected chi connectivity index (χ0v) is 15.1. The van der Waals surface area contributed by atoms with Crippen LogP contribution in [0.5, 0.6) is 0 Å². The normalized spacial score (nSPS) is 22.1. The van der Waals surface area contributed by atoms with Gasteiger partial charge in [0.25, 0.3) is 0 Å². The number of hydrogen-bond donors (Lipinski definition) is 0. The number of halogens is 2. The zero-order chi connectivity index (χ0) is 17.6. The second-order valence-electron chi connectivity index (χ2n) is 6.80. The number of aromatic nitrogens is 2. The SMILES string of the molecule is O=C(C=C(Cl)Cl)N1CC2=C(C1)CN(C(=O)C1CCc3cncn3C1)C2. The van der Waals surface area contributed by atoms with Crippen LogP contribution >= 0.6 is 23.2 Å². The number of hydrogen-bond acceptors (Lipinski definition) is 3. The fourth-order valence-electron chi connectivity index (χ4n) is 3.91. The predicted octanol–water partition coefficient (Wildman–Crippen LogP) is 1.75. The molecule has 0 bridgehead atoms. The van der Waals surface area contributed by atoms with E-state index in [0.29, 0.717) is 32.7 Å². The molecule has 0 aliphatic carbocycles. The summed E-state index contributed by atoms with van der Waals surface area (Å²) in [6, 6.07) is 0. The van der Waals surface area contributed by atoms with Gasteiger partial charge in [-0.05, 0) is 24.0 Å². The minimum absolute atomic E-state index is 0.0115. The maximum atomic E-state index is 12.9. The highest BCUT2D eigenvalue weighted by molar-refractivity contribution is 6.56. The summed E-state index contributed by atoms with van der Waals surface area (Å²) >= 11 is 11.1. The fourth-order valence-corrected chi connectivity index (χ4v) is 4.09. The third-order valence-electron chi connectivity index (χ3n) is 5.20. The zero-order valence-electron chi connectivity index (χ0n) is 13.6.